The Kier molecular flexibility index (Phi) is 4.98. The van der Waals surface area contributed by atoms with Gasteiger partial charge in [0.25, 0.3) is 0 Å². The summed E-state index contributed by atoms with van der Waals surface area (Å²) < 4.78 is 1.29. The number of carbonyl (C=O) groups is 1. The lowest BCUT2D eigenvalue weighted by molar-refractivity contribution is -0.122. The third-order valence-corrected chi connectivity index (χ3v) is 4.05. The number of carbonyl (C=O) groups excluding carboxylic acids is 1. The Morgan fingerprint density at radius 3 is 3.00 bits per heavy atom. The fraction of sp³-hybridized carbons (Fsp3) is 0.786. The molecule has 0 spiro atoms. The molecule has 6 heteroatoms. The number of nitrogens with one attached hydrogen (secondary N) is 2. The minimum absolute atomic E-state index is 0.0444. The van der Waals surface area contributed by atoms with Gasteiger partial charge in [0, 0.05) is 6.04 Å². The van der Waals surface area contributed by atoms with Gasteiger partial charge in [0.2, 0.25) is 5.91 Å². The van der Waals surface area contributed by atoms with Gasteiger partial charge in [-0.15, -0.1) is 0 Å². The van der Waals surface area contributed by atoms with Crippen molar-refractivity contribution in [2.75, 3.05) is 0 Å². The minimum Gasteiger partial charge on any atom is -0.352 e. The van der Waals surface area contributed by atoms with Crippen molar-refractivity contribution in [3.8, 4) is 0 Å². The lowest BCUT2D eigenvalue weighted by Gasteiger charge is -2.21. The molecule has 20 heavy (non-hydrogen) atoms. The predicted molar refractivity (Wildman–Crippen MR) is 76.2 cm³/mol. The van der Waals surface area contributed by atoms with E-state index in [0.29, 0.717) is 11.8 Å². The van der Waals surface area contributed by atoms with E-state index < -0.39 is 0 Å². The summed E-state index contributed by atoms with van der Waals surface area (Å²) in [6.45, 7) is 4.50. The summed E-state index contributed by atoms with van der Waals surface area (Å²) in [5.41, 5.74) is -0.345. The molecular formula is C14H24N4O2. The molecule has 1 amide bonds. The lowest BCUT2D eigenvalue weighted by Crippen LogP contribution is -2.40. The molecule has 1 saturated carbocycles. The van der Waals surface area contributed by atoms with Crippen molar-refractivity contribution in [1.82, 2.24) is 20.1 Å². The van der Waals surface area contributed by atoms with E-state index in [0.717, 1.165) is 6.42 Å². The van der Waals surface area contributed by atoms with Gasteiger partial charge in [-0.05, 0) is 31.1 Å². The van der Waals surface area contributed by atoms with Crippen LogP contribution in [0.25, 0.3) is 0 Å². The first-order valence-electron chi connectivity index (χ1n) is 7.45. The largest absolute Gasteiger partial charge is 0.352 e. The highest BCUT2D eigenvalue weighted by atomic mass is 16.2. The summed E-state index contributed by atoms with van der Waals surface area (Å²) in [4.78, 5) is 23.3. The Morgan fingerprint density at radius 1 is 1.55 bits per heavy atom. The average molecular weight is 280 g/mol. The molecule has 0 bridgehead atoms. The van der Waals surface area contributed by atoms with Crippen LogP contribution in [0, 0.1) is 11.8 Å². The van der Waals surface area contributed by atoms with Crippen molar-refractivity contribution in [1.29, 1.82) is 0 Å². The van der Waals surface area contributed by atoms with Crippen LogP contribution in [0.2, 0.25) is 0 Å². The van der Waals surface area contributed by atoms with Crippen molar-refractivity contribution in [3.05, 3.63) is 16.8 Å². The monoisotopic (exact) mass is 280 g/mol. The van der Waals surface area contributed by atoms with E-state index in [4.69, 9.17) is 0 Å². The van der Waals surface area contributed by atoms with Gasteiger partial charge in [0.05, 0.1) is 0 Å². The maximum atomic E-state index is 12.0. The topological polar surface area (TPSA) is 79.8 Å². The highest BCUT2D eigenvalue weighted by Crippen LogP contribution is 2.30. The molecule has 0 aliphatic heterocycles. The van der Waals surface area contributed by atoms with Gasteiger partial charge < -0.3 is 5.32 Å². The number of aromatic amines is 1. The molecular weight excluding hydrogens is 256 g/mol. The third-order valence-electron chi connectivity index (χ3n) is 4.05. The molecule has 1 fully saturated rings. The minimum atomic E-state index is -0.345. The summed E-state index contributed by atoms with van der Waals surface area (Å²) in [5.74, 6) is 1.19. The number of rotatable bonds is 6. The average Bonchev–Trinajstić information content (AvgIpc) is 2.97. The molecule has 1 aromatic heterocycles. The number of aromatic nitrogens is 3. The standard InChI is InChI=1S/C14H24N4O2/c1-10(2)6-7-11-4-3-5-12(11)16-13(19)8-18-9-15-17-14(18)20/h9-12H,3-8H2,1-2H3,(H,16,19)(H,17,20)/t11-,12+/m0/s1. The zero-order chi connectivity index (χ0) is 14.5. The zero-order valence-corrected chi connectivity index (χ0v) is 12.3. The number of H-pyrrole nitrogens is 1. The van der Waals surface area contributed by atoms with Crippen LogP contribution < -0.4 is 11.0 Å². The van der Waals surface area contributed by atoms with Gasteiger partial charge in [0.1, 0.15) is 12.9 Å². The Morgan fingerprint density at radius 2 is 2.35 bits per heavy atom. The zero-order valence-electron chi connectivity index (χ0n) is 12.3. The van der Waals surface area contributed by atoms with Gasteiger partial charge >= 0.3 is 5.69 Å². The highest BCUT2D eigenvalue weighted by Gasteiger charge is 2.28. The molecule has 1 aliphatic rings. The molecule has 2 N–H and O–H groups in total. The molecule has 1 aliphatic carbocycles. The van der Waals surface area contributed by atoms with Crippen molar-refractivity contribution < 1.29 is 4.79 Å². The predicted octanol–water partition coefficient (Wildman–Crippen LogP) is 1.29. The lowest BCUT2D eigenvalue weighted by atomic mass is 9.93. The third kappa shape index (κ3) is 3.95. The Balaban J connectivity index is 1.83. The maximum absolute atomic E-state index is 12.0. The van der Waals surface area contributed by atoms with Crippen molar-refractivity contribution in [2.45, 2.75) is 58.5 Å². The van der Waals surface area contributed by atoms with Crippen molar-refractivity contribution in [3.63, 3.8) is 0 Å². The molecule has 2 atom stereocenters. The molecule has 1 aromatic rings. The number of hydrogen-bond acceptors (Lipinski definition) is 3. The van der Waals surface area contributed by atoms with Crippen LogP contribution in [0.5, 0.6) is 0 Å². The van der Waals surface area contributed by atoms with Gasteiger partial charge in [-0.3, -0.25) is 9.36 Å². The van der Waals surface area contributed by atoms with Crippen LogP contribution in [-0.4, -0.2) is 26.7 Å². The normalized spacial score (nSPS) is 22.4. The van der Waals surface area contributed by atoms with Crippen LogP contribution in [0.15, 0.2) is 11.1 Å². The first-order chi connectivity index (χ1) is 9.56. The van der Waals surface area contributed by atoms with E-state index in [1.54, 1.807) is 0 Å². The molecule has 2 rings (SSSR count). The summed E-state index contributed by atoms with van der Waals surface area (Å²) in [5, 5.41) is 8.98. The number of amides is 1. The molecule has 0 unspecified atom stereocenters. The summed E-state index contributed by atoms with van der Waals surface area (Å²) >= 11 is 0. The van der Waals surface area contributed by atoms with E-state index in [1.807, 2.05) is 0 Å². The van der Waals surface area contributed by atoms with Crippen LogP contribution in [0.4, 0.5) is 0 Å². The molecule has 0 radical (unpaired) electrons. The molecule has 6 nitrogen and oxygen atoms in total. The van der Waals surface area contributed by atoms with E-state index in [9.17, 15) is 9.59 Å². The van der Waals surface area contributed by atoms with Gasteiger partial charge in [-0.25, -0.2) is 9.89 Å². The van der Waals surface area contributed by atoms with Gasteiger partial charge in [-0.2, -0.15) is 5.10 Å². The first-order valence-corrected chi connectivity index (χ1v) is 7.45. The molecule has 1 heterocycles. The van der Waals surface area contributed by atoms with E-state index >= 15 is 0 Å². The second kappa shape index (κ2) is 6.72. The van der Waals surface area contributed by atoms with Gasteiger partial charge in [-0.1, -0.05) is 26.7 Å². The van der Waals surface area contributed by atoms with Crippen LogP contribution >= 0.6 is 0 Å². The van der Waals surface area contributed by atoms with Crippen molar-refractivity contribution >= 4 is 5.91 Å². The summed E-state index contributed by atoms with van der Waals surface area (Å²) in [6, 6.07) is 0.267. The van der Waals surface area contributed by atoms with Crippen LogP contribution in [0.1, 0.15) is 46.0 Å². The summed E-state index contributed by atoms with van der Waals surface area (Å²) in [6.07, 6.45) is 7.16. The molecule has 0 aromatic carbocycles. The number of hydrogen-bond donors (Lipinski definition) is 2. The smallest absolute Gasteiger partial charge is 0.343 e. The maximum Gasteiger partial charge on any atom is 0.343 e. The highest BCUT2D eigenvalue weighted by molar-refractivity contribution is 5.76. The number of nitrogens with zero attached hydrogens (tertiary/aromatic N) is 2. The van der Waals surface area contributed by atoms with Crippen LogP contribution in [0.3, 0.4) is 0 Å². The fourth-order valence-electron chi connectivity index (χ4n) is 2.91. The van der Waals surface area contributed by atoms with Gasteiger partial charge in [0.15, 0.2) is 0 Å². The molecule has 0 saturated heterocycles. The van der Waals surface area contributed by atoms with E-state index in [2.05, 4.69) is 29.4 Å². The fourth-order valence-corrected chi connectivity index (χ4v) is 2.91. The van der Waals surface area contributed by atoms with Crippen molar-refractivity contribution in [2.24, 2.45) is 11.8 Å². The van der Waals surface area contributed by atoms with Crippen LogP contribution in [-0.2, 0) is 11.3 Å². The van der Waals surface area contributed by atoms with E-state index in [-0.39, 0.29) is 24.2 Å². The molecule has 112 valence electrons. The SMILES string of the molecule is CC(C)CC[C@@H]1CCC[C@H]1NC(=O)Cn1cn[nH]c1=O. The second-order valence-corrected chi connectivity index (χ2v) is 6.13. The van der Waals surface area contributed by atoms with E-state index in [1.165, 1.54) is 36.6 Å². The quantitative estimate of drug-likeness (QED) is 0.824. The Bertz CT molecular complexity index is 491. The summed E-state index contributed by atoms with van der Waals surface area (Å²) in [7, 11) is 0. The second-order valence-electron chi connectivity index (χ2n) is 6.13. The Labute approximate surface area is 119 Å². The Hall–Kier alpha value is -1.59. The first kappa shape index (κ1) is 14.8.